The first-order valence-electron chi connectivity index (χ1n) is 8.53. The summed E-state index contributed by atoms with van der Waals surface area (Å²) in [6.45, 7) is 8.04. The van der Waals surface area contributed by atoms with Crippen LogP contribution in [-0.2, 0) is 4.79 Å². The Morgan fingerprint density at radius 3 is 2.59 bits per heavy atom. The number of halogens is 1. The number of benzene rings is 2. The molecule has 7 heteroatoms. The van der Waals surface area contributed by atoms with Crippen LogP contribution >= 0.6 is 34.4 Å². The van der Waals surface area contributed by atoms with Crippen molar-refractivity contribution in [3.63, 3.8) is 0 Å². The third-order valence-electron chi connectivity index (χ3n) is 4.20. The van der Waals surface area contributed by atoms with Gasteiger partial charge in [-0.05, 0) is 91.2 Å². The normalized spacial score (nSPS) is 10.9. The highest BCUT2D eigenvalue weighted by molar-refractivity contribution is 14.1. The topological polar surface area (TPSA) is 59.8 Å². The molecular formula is C20H21IN4OS. The lowest BCUT2D eigenvalue weighted by molar-refractivity contribution is -0.113. The molecule has 0 saturated heterocycles. The fourth-order valence-electron chi connectivity index (χ4n) is 2.76. The van der Waals surface area contributed by atoms with Gasteiger partial charge < -0.3 is 5.32 Å². The van der Waals surface area contributed by atoms with E-state index in [1.807, 2.05) is 36.6 Å². The molecule has 0 radical (unpaired) electrons. The molecule has 0 unspecified atom stereocenters. The molecule has 0 spiro atoms. The first-order chi connectivity index (χ1) is 12.8. The number of thioether (sulfide) groups is 1. The maximum absolute atomic E-state index is 12.4. The smallest absolute Gasteiger partial charge is 0.234 e. The third kappa shape index (κ3) is 4.70. The lowest BCUT2D eigenvalue weighted by Gasteiger charge is -2.12. The zero-order chi connectivity index (χ0) is 19.6. The monoisotopic (exact) mass is 492 g/mol. The SMILES string of the molecule is Cc1ccc(C)c(-n2c(C)nnc2SCC(=O)Nc2ccc(I)cc2C)c1. The summed E-state index contributed by atoms with van der Waals surface area (Å²) < 4.78 is 3.16. The molecule has 2 aromatic carbocycles. The van der Waals surface area contributed by atoms with Gasteiger partial charge in [0.25, 0.3) is 0 Å². The van der Waals surface area contributed by atoms with E-state index in [9.17, 15) is 4.79 Å². The van der Waals surface area contributed by atoms with E-state index in [0.29, 0.717) is 0 Å². The molecule has 5 nitrogen and oxygen atoms in total. The van der Waals surface area contributed by atoms with Crippen LogP contribution in [0.25, 0.3) is 5.69 Å². The molecule has 1 N–H and O–H groups in total. The summed E-state index contributed by atoms with van der Waals surface area (Å²) in [7, 11) is 0. The van der Waals surface area contributed by atoms with E-state index < -0.39 is 0 Å². The number of aromatic nitrogens is 3. The predicted octanol–water partition coefficient (Wildman–Crippen LogP) is 4.84. The number of hydrogen-bond donors (Lipinski definition) is 1. The van der Waals surface area contributed by atoms with Gasteiger partial charge in [-0.3, -0.25) is 9.36 Å². The largest absolute Gasteiger partial charge is 0.325 e. The fraction of sp³-hybridized carbons (Fsp3) is 0.250. The summed E-state index contributed by atoms with van der Waals surface area (Å²) in [5.41, 5.74) is 5.26. The molecule has 140 valence electrons. The number of rotatable bonds is 5. The number of anilines is 1. The molecule has 27 heavy (non-hydrogen) atoms. The molecule has 0 fully saturated rings. The Hall–Kier alpha value is -1.87. The van der Waals surface area contributed by atoms with E-state index in [2.05, 4.69) is 70.2 Å². The van der Waals surface area contributed by atoms with Gasteiger partial charge in [-0.2, -0.15) is 0 Å². The number of nitrogens with zero attached hydrogens (tertiary/aromatic N) is 3. The number of carbonyl (C=O) groups is 1. The van der Waals surface area contributed by atoms with E-state index in [-0.39, 0.29) is 11.7 Å². The van der Waals surface area contributed by atoms with Crippen LogP contribution in [0.3, 0.4) is 0 Å². The lowest BCUT2D eigenvalue weighted by atomic mass is 10.1. The molecular weight excluding hydrogens is 471 g/mol. The summed E-state index contributed by atoms with van der Waals surface area (Å²) >= 11 is 3.65. The Labute approximate surface area is 177 Å². The average molecular weight is 492 g/mol. The summed E-state index contributed by atoms with van der Waals surface area (Å²) in [6.07, 6.45) is 0. The Balaban J connectivity index is 1.75. The Morgan fingerprint density at radius 2 is 1.85 bits per heavy atom. The van der Waals surface area contributed by atoms with E-state index in [1.165, 1.54) is 17.3 Å². The molecule has 0 bridgehead atoms. The number of aryl methyl sites for hydroxylation is 4. The number of nitrogens with one attached hydrogen (secondary N) is 1. The molecule has 1 heterocycles. The van der Waals surface area contributed by atoms with Gasteiger partial charge in [0.2, 0.25) is 5.91 Å². The van der Waals surface area contributed by atoms with Crippen LogP contribution in [-0.4, -0.2) is 26.4 Å². The van der Waals surface area contributed by atoms with E-state index in [0.717, 1.165) is 37.1 Å². The Morgan fingerprint density at radius 1 is 1.07 bits per heavy atom. The molecule has 3 rings (SSSR count). The summed E-state index contributed by atoms with van der Waals surface area (Å²) in [4.78, 5) is 12.4. The minimum absolute atomic E-state index is 0.0579. The lowest BCUT2D eigenvalue weighted by Crippen LogP contribution is -2.15. The van der Waals surface area contributed by atoms with Crippen molar-refractivity contribution in [2.45, 2.75) is 32.9 Å². The maximum Gasteiger partial charge on any atom is 0.234 e. The van der Waals surface area contributed by atoms with Gasteiger partial charge in [0.1, 0.15) is 5.82 Å². The van der Waals surface area contributed by atoms with Crippen LogP contribution in [0.1, 0.15) is 22.5 Å². The van der Waals surface area contributed by atoms with Gasteiger partial charge in [0.15, 0.2) is 5.16 Å². The molecule has 0 aliphatic rings. The Bertz CT molecular complexity index is 1000. The van der Waals surface area contributed by atoms with Crippen LogP contribution in [0.15, 0.2) is 41.6 Å². The van der Waals surface area contributed by atoms with Gasteiger partial charge in [0, 0.05) is 9.26 Å². The van der Waals surface area contributed by atoms with Crippen molar-refractivity contribution >= 4 is 45.9 Å². The zero-order valence-corrected chi connectivity index (χ0v) is 18.7. The number of amides is 1. The predicted molar refractivity (Wildman–Crippen MR) is 119 cm³/mol. The van der Waals surface area contributed by atoms with E-state index in [4.69, 9.17) is 0 Å². The summed E-state index contributed by atoms with van der Waals surface area (Å²) in [5, 5.41) is 12.2. The molecule has 3 aromatic rings. The standard InChI is InChI=1S/C20H21IN4OS/c1-12-5-6-13(2)18(9-12)25-15(4)23-24-20(25)27-11-19(26)22-17-8-7-16(21)10-14(17)3/h5-10H,11H2,1-4H3,(H,22,26). The van der Waals surface area contributed by atoms with Crippen LogP contribution < -0.4 is 5.32 Å². The van der Waals surface area contributed by atoms with Crippen molar-refractivity contribution in [3.8, 4) is 5.69 Å². The maximum atomic E-state index is 12.4. The van der Waals surface area contributed by atoms with Crippen molar-refractivity contribution < 1.29 is 4.79 Å². The van der Waals surface area contributed by atoms with Crippen LogP contribution in [0.5, 0.6) is 0 Å². The first-order valence-corrected chi connectivity index (χ1v) is 10.6. The summed E-state index contributed by atoms with van der Waals surface area (Å²) in [5.74, 6) is 1.02. The van der Waals surface area contributed by atoms with E-state index >= 15 is 0 Å². The van der Waals surface area contributed by atoms with Crippen LogP contribution in [0.4, 0.5) is 5.69 Å². The van der Waals surface area contributed by atoms with E-state index in [1.54, 1.807) is 0 Å². The van der Waals surface area contributed by atoms with Crippen molar-refractivity contribution in [2.75, 3.05) is 11.1 Å². The van der Waals surface area contributed by atoms with Crippen LogP contribution in [0, 0.1) is 31.3 Å². The van der Waals surface area contributed by atoms with Crippen LogP contribution in [0.2, 0.25) is 0 Å². The highest BCUT2D eigenvalue weighted by Gasteiger charge is 2.15. The quantitative estimate of drug-likeness (QED) is 0.409. The second-order valence-corrected chi connectivity index (χ2v) is 8.64. The second-order valence-electron chi connectivity index (χ2n) is 6.45. The first kappa shape index (κ1) is 19.9. The summed E-state index contributed by atoms with van der Waals surface area (Å²) in [6, 6.07) is 12.3. The van der Waals surface area contributed by atoms with Crippen molar-refractivity contribution in [1.29, 1.82) is 0 Å². The molecule has 1 amide bonds. The fourth-order valence-corrected chi connectivity index (χ4v) is 4.20. The highest BCUT2D eigenvalue weighted by Crippen LogP contribution is 2.25. The number of hydrogen-bond acceptors (Lipinski definition) is 4. The minimum Gasteiger partial charge on any atom is -0.325 e. The van der Waals surface area contributed by atoms with Gasteiger partial charge in [-0.25, -0.2) is 0 Å². The highest BCUT2D eigenvalue weighted by atomic mass is 127. The van der Waals surface area contributed by atoms with Gasteiger partial charge in [0.05, 0.1) is 11.4 Å². The van der Waals surface area contributed by atoms with Crippen molar-refractivity contribution in [2.24, 2.45) is 0 Å². The molecule has 0 aliphatic carbocycles. The van der Waals surface area contributed by atoms with Gasteiger partial charge in [-0.15, -0.1) is 10.2 Å². The molecule has 0 saturated carbocycles. The second kappa shape index (κ2) is 8.43. The molecule has 0 atom stereocenters. The average Bonchev–Trinajstić information content (AvgIpc) is 2.98. The van der Waals surface area contributed by atoms with Gasteiger partial charge >= 0.3 is 0 Å². The van der Waals surface area contributed by atoms with Gasteiger partial charge in [-0.1, -0.05) is 23.9 Å². The minimum atomic E-state index is -0.0579. The molecule has 0 aliphatic heterocycles. The van der Waals surface area contributed by atoms with Crippen molar-refractivity contribution in [1.82, 2.24) is 14.8 Å². The van der Waals surface area contributed by atoms with Crippen molar-refractivity contribution in [3.05, 3.63) is 62.5 Å². The number of carbonyl (C=O) groups excluding carboxylic acids is 1. The molecule has 1 aromatic heterocycles. The zero-order valence-electron chi connectivity index (χ0n) is 15.7. The Kier molecular flexibility index (Phi) is 6.21. The third-order valence-corrected chi connectivity index (χ3v) is 5.80.